The van der Waals surface area contributed by atoms with Gasteiger partial charge < -0.3 is 4.90 Å². The number of hydrogen-bond donors (Lipinski definition) is 0. The van der Waals surface area contributed by atoms with Crippen molar-refractivity contribution in [2.45, 2.75) is 11.8 Å². The van der Waals surface area contributed by atoms with Gasteiger partial charge in [-0.05, 0) is 53.5 Å². The zero-order valence-electron chi connectivity index (χ0n) is 13.5. The molecule has 24 heavy (non-hydrogen) atoms. The number of aryl methyl sites for hydroxylation is 1. The molecule has 0 aliphatic carbocycles. The lowest BCUT2D eigenvalue weighted by molar-refractivity contribution is 0.241. The lowest BCUT2D eigenvalue weighted by Crippen LogP contribution is -2.16. The number of amides is 1. The Morgan fingerprint density at radius 1 is 1.29 bits per heavy atom. The molecule has 0 fully saturated rings. The smallest absolute Gasteiger partial charge is 0.285 e. The third-order valence-electron chi connectivity index (χ3n) is 3.68. The molecule has 1 heterocycles. The largest absolute Gasteiger partial charge is 0.339 e. The summed E-state index contributed by atoms with van der Waals surface area (Å²) in [6.45, 7) is 1.92. The number of nitrogens with zero attached hydrogens (tertiary/aromatic N) is 3. The van der Waals surface area contributed by atoms with Crippen molar-refractivity contribution in [2.24, 2.45) is 0 Å². The maximum Gasteiger partial charge on any atom is 0.285 e. The minimum Gasteiger partial charge on any atom is -0.339 e. The number of aromatic nitrogens is 1. The van der Waals surface area contributed by atoms with Crippen molar-refractivity contribution in [1.82, 2.24) is 9.27 Å². The normalized spacial score (nSPS) is 10.6. The Labute approximate surface area is 148 Å². The summed E-state index contributed by atoms with van der Waals surface area (Å²) in [4.78, 5) is 14.6. The van der Waals surface area contributed by atoms with Crippen LogP contribution in [-0.4, -0.2) is 28.6 Å². The van der Waals surface area contributed by atoms with E-state index < -0.39 is 0 Å². The van der Waals surface area contributed by atoms with Crippen LogP contribution in [0.2, 0.25) is 0 Å². The van der Waals surface area contributed by atoms with Gasteiger partial charge >= 0.3 is 0 Å². The molecule has 0 atom stereocenters. The van der Waals surface area contributed by atoms with Crippen LogP contribution in [0.5, 0.6) is 0 Å². The van der Waals surface area contributed by atoms with Gasteiger partial charge in [-0.3, -0.25) is 4.79 Å². The number of benzene rings is 2. The lowest BCUT2D eigenvalue weighted by atomic mass is 9.99. The molecule has 0 aliphatic rings. The second-order valence-corrected chi connectivity index (χ2v) is 7.38. The predicted molar refractivity (Wildman–Crippen MR) is 99.4 cm³/mol. The van der Waals surface area contributed by atoms with E-state index in [0.717, 1.165) is 31.7 Å². The molecule has 6 heteroatoms. The summed E-state index contributed by atoms with van der Waals surface area (Å²) < 4.78 is 5.34. The summed E-state index contributed by atoms with van der Waals surface area (Å²) in [5, 5.41) is 10.2. The summed E-state index contributed by atoms with van der Waals surface area (Å²) >= 11 is 2.63. The second kappa shape index (κ2) is 6.63. The molecule has 0 radical (unpaired) electrons. The van der Waals surface area contributed by atoms with E-state index in [-0.39, 0.29) is 5.24 Å². The number of nitriles is 1. The molecule has 0 bridgehead atoms. The van der Waals surface area contributed by atoms with E-state index in [4.69, 9.17) is 5.26 Å². The highest BCUT2D eigenvalue weighted by atomic mass is 32.2. The molecule has 0 spiro atoms. The van der Waals surface area contributed by atoms with Crippen molar-refractivity contribution in [2.75, 3.05) is 14.1 Å². The first kappa shape index (κ1) is 16.5. The summed E-state index contributed by atoms with van der Waals surface area (Å²) in [7, 11) is 3.48. The number of thioether (sulfide) groups is 1. The summed E-state index contributed by atoms with van der Waals surface area (Å²) in [6.07, 6.45) is 1.84. The second-order valence-electron chi connectivity index (χ2n) is 5.59. The average molecular weight is 353 g/mol. The van der Waals surface area contributed by atoms with Crippen molar-refractivity contribution in [1.29, 1.82) is 5.26 Å². The van der Waals surface area contributed by atoms with Crippen LogP contribution in [0.1, 0.15) is 11.1 Å². The van der Waals surface area contributed by atoms with Gasteiger partial charge in [-0.15, -0.1) is 0 Å². The van der Waals surface area contributed by atoms with E-state index >= 15 is 0 Å². The molecule has 0 N–H and O–H groups in total. The Balaban J connectivity index is 2.20. The Kier molecular flexibility index (Phi) is 4.56. The van der Waals surface area contributed by atoms with E-state index in [2.05, 4.69) is 10.4 Å². The van der Waals surface area contributed by atoms with Crippen LogP contribution in [0.15, 0.2) is 41.4 Å². The molecule has 0 aliphatic heterocycles. The van der Waals surface area contributed by atoms with Crippen LogP contribution in [-0.2, 0) is 0 Å². The topological polar surface area (TPSA) is 57.0 Å². The van der Waals surface area contributed by atoms with E-state index in [1.54, 1.807) is 19.0 Å². The Hall–Kier alpha value is -2.36. The van der Waals surface area contributed by atoms with E-state index in [0.29, 0.717) is 5.56 Å². The monoisotopic (exact) mass is 353 g/mol. The summed E-state index contributed by atoms with van der Waals surface area (Å²) in [5.74, 6) is 0. The molecular weight excluding hydrogens is 338 g/mol. The molecule has 1 aromatic heterocycles. The van der Waals surface area contributed by atoms with Crippen molar-refractivity contribution in [3.8, 4) is 17.2 Å². The van der Waals surface area contributed by atoms with Gasteiger partial charge in [-0.2, -0.15) is 9.64 Å². The SMILES string of the molecule is Cc1cc(-c2c(SC(=O)N(C)C)ccc3cnsc23)ccc1C#N. The van der Waals surface area contributed by atoms with E-state index in [1.807, 2.05) is 43.5 Å². The van der Waals surface area contributed by atoms with Crippen LogP contribution in [0, 0.1) is 18.3 Å². The van der Waals surface area contributed by atoms with Crippen molar-refractivity contribution >= 4 is 38.6 Å². The zero-order chi connectivity index (χ0) is 17.3. The number of carbonyl (C=O) groups excluding carboxylic acids is 1. The molecule has 4 nitrogen and oxygen atoms in total. The molecule has 0 saturated heterocycles. The van der Waals surface area contributed by atoms with Gasteiger partial charge in [0.1, 0.15) is 0 Å². The number of rotatable bonds is 2. The van der Waals surface area contributed by atoms with Crippen LogP contribution in [0.25, 0.3) is 21.2 Å². The first-order valence-corrected chi connectivity index (χ1v) is 8.88. The highest BCUT2D eigenvalue weighted by Crippen LogP contribution is 2.40. The maximum atomic E-state index is 12.2. The highest BCUT2D eigenvalue weighted by Gasteiger charge is 2.17. The first-order valence-electron chi connectivity index (χ1n) is 7.29. The van der Waals surface area contributed by atoms with Crippen molar-refractivity contribution in [3.05, 3.63) is 47.7 Å². The first-order chi connectivity index (χ1) is 11.5. The zero-order valence-corrected chi connectivity index (χ0v) is 15.2. The average Bonchev–Trinajstić information content (AvgIpc) is 3.03. The minimum absolute atomic E-state index is 0.0227. The molecule has 0 saturated carbocycles. The van der Waals surface area contributed by atoms with E-state index in [1.165, 1.54) is 23.3 Å². The fourth-order valence-corrected chi connectivity index (χ4v) is 4.12. The summed E-state index contributed by atoms with van der Waals surface area (Å²) in [6, 6.07) is 11.9. The van der Waals surface area contributed by atoms with Gasteiger partial charge in [0.2, 0.25) is 0 Å². The Morgan fingerprint density at radius 2 is 2.08 bits per heavy atom. The molecule has 3 rings (SSSR count). The van der Waals surface area contributed by atoms with Gasteiger partial charge in [0.05, 0.1) is 16.3 Å². The molecule has 0 unspecified atom stereocenters. The molecular formula is C18H15N3OS2. The van der Waals surface area contributed by atoms with Gasteiger partial charge in [-0.25, -0.2) is 0 Å². The quantitative estimate of drug-likeness (QED) is 0.614. The fraction of sp³-hybridized carbons (Fsp3) is 0.167. The van der Waals surface area contributed by atoms with Crippen LogP contribution in [0.4, 0.5) is 4.79 Å². The predicted octanol–water partition coefficient (Wildman–Crippen LogP) is 4.92. The van der Waals surface area contributed by atoms with Crippen molar-refractivity contribution in [3.63, 3.8) is 0 Å². The molecule has 120 valence electrons. The van der Waals surface area contributed by atoms with Crippen molar-refractivity contribution < 1.29 is 4.79 Å². The van der Waals surface area contributed by atoms with Gasteiger partial charge in [0.15, 0.2) is 0 Å². The molecule has 3 aromatic rings. The number of fused-ring (bicyclic) bond motifs is 1. The number of hydrogen-bond acceptors (Lipinski definition) is 5. The lowest BCUT2D eigenvalue weighted by Gasteiger charge is -2.14. The van der Waals surface area contributed by atoms with E-state index in [9.17, 15) is 4.79 Å². The van der Waals surface area contributed by atoms with Gasteiger partial charge in [0.25, 0.3) is 5.24 Å². The maximum absolute atomic E-state index is 12.2. The third-order valence-corrected chi connectivity index (χ3v) is 5.62. The van der Waals surface area contributed by atoms with Gasteiger partial charge in [0, 0.05) is 36.1 Å². The minimum atomic E-state index is -0.0227. The summed E-state index contributed by atoms with van der Waals surface area (Å²) in [5.41, 5.74) is 3.58. The van der Waals surface area contributed by atoms with Crippen LogP contribution >= 0.6 is 23.3 Å². The van der Waals surface area contributed by atoms with Crippen LogP contribution < -0.4 is 0 Å². The van der Waals surface area contributed by atoms with Crippen LogP contribution in [0.3, 0.4) is 0 Å². The number of carbonyl (C=O) groups is 1. The highest BCUT2D eigenvalue weighted by molar-refractivity contribution is 8.13. The Bertz CT molecular complexity index is 970. The Morgan fingerprint density at radius 3 is 2.75 bits per heavy atom. The third kappa shape index (κ3) is 3.01. The standard InChI is InChI=1S/C18H15N3OS2/c1-11-8-12(4-5-13(11)9-19)16-15(23-18(22)21(2)3)7-6-14-10-20-24-17(14)16/h4-8,10H,1-3H3. The van der Waals surface area contributed by atoms with Gasteiger partial charge in [-0.1, -0.05) is 18.2 Å². The fourth-order valence-electron chi connectivity index (χ4n) is 2.40. The molecule has 1 amide bonds. The molecule has 2 aromatic carbocycles.